The number of carbonyl (C=O) groups is 4. The molecular formula is C28H27NO9S. The molecule has 5 N–H and O–H groups in total. The van der Waals surface area contributed by atoms with Crippen molar-refractivity contribution in [2.75, 3.05) is 11.5 Å². The third kappa shape index (κ3) is 6.43. The van der Waals surface area contributed by atoms with Crippen molar-refractivity contribution < 1.29 is 44.3 Å². The van der Waals surface area contributed by atoms with Crippen molar-refractivity contribution in [2.45, 2.75) is 25.0 Å². The van der Waals surface area contributed by atoms with Gasteiger partial charge in [-0.1, -0.05) is 12.2 Å². The predicted octanol–water partition coefficient (Wildman–Crippen LogP) is 3.46. The van der Waals surface area contributed by atoms with E-state index in [1.165, 1.54) is 54.6 Å². The summed E-state index contributed by atoms with van der Waals surface area (Å²) in [5.41, 5.74) is 0.0578. The Kier molecular flexibility index (Phi) is 8.60. The number of phenolic OH excluding ortho intramolecular Hbond substituents is 2. The van der Waals surface area contributed by atoms with Crippen LogP contribution in [0.3, 0.4) is 0 Å². The van der Waals surface area contributed by atoms with Gasteiger partial charge in [-0.05, 0) is 67.1 Å². The van der Waals surface area contributed by atoms with E-state index in [9.17, 15) is 39.6 Å². The molecule has 0 bridgehead atoms. The molecular weight excluding hydrogens is 526 g/mol. The summed E-state index contributed by atoms with van der Waals surface area (Å²) in [6.45, 7) is 0. The van der Waals surface area contributed by atoms with Crippen LogP contribution in [0.25, 0.3) is 0 Å². The summed E-state index contributed by atoms with van der Waals surface area (Å²) in [6.07, 6.45) is 4.43. The summed E-state index contributed by atoms with van der Waals surface area (Å²) in [5, 5.41) is 42.5. The summed E-state index contributed by atoms with van der Waals surface area (Å²) in [7, 11) is 0. The Labute approximate surface area is 228 Å². The van der Waals surface area contributed by atoms with Crippen molar-refractivity contribution in [1.82, 2.24) is 5.32 Å². The molecule has 0 radical (unpaired) electrons. The molecule has 1 aliphatic carbocycles. The average molecular weight is 554 g/mol. The zero-order valence-electron chi connectivity index (χ0n) is 20.6. The lowest BCUT2D eigenvalue weighted by molar-refractivity contribution is -0.141. The number of carbonyl (C=O) groups excluding carboxylic acids is 3. The monoisotopic (exact) mass is 553 g/mol. The van der Waals surface area contributed by atoms with Crippen LogP contribution in [0.1, 0.15) is 43.9 Å². The number of carboxylic acid groups (broad SMARTS) is 1. The number of aliphatic hydroxyl groups is 1. The molecule has 1 saturated heterocycles. The Balaban J connectivity index is 1.48. The van der Waals surface area contributed by atoms with Crippen LogP contribution in [0.5, 0.6) is 11.5 Å². The van der Waals surface area contributed by atoms with Gasteiger partial charge in [-0.2, -0.15) is 11.8 Å². The van der Waals surface area contributed by atoms with Crippen LogP contribution in [0.15, 0.2) is 66.5 Å². The first-order valence-corrected chi connectivity index (χ1v) is 13.4. The standard InChI is InChI=1S/C28H27NO9S/c30-17-9-6-15(7-10-17)26(34)29-20-14-39-12-2-5-23(20)38-28(37)16-8-11-18(22(32)13-16)25(33)24-19(27(35)36)3-1-4-21(24)31/h1,3-4,6-11,13,19-20,23-24,30-32H,2,5,12,14H2,(H,29,34)(H,35,36)/t19?,20-,23?,24?/m1/s1. The number of nitrogens with one attached hydrogen (secondary N) is 1. The van der Waals surface area contributed by atoms with Crippen LogP contribution in [-0.4, -0.2) is 67.7 Å². The van der Waals surface area contributed by atoms with Gasteiger partial charge in [-0.15, -0.1) is 0 Å². The molecule has 0 spiro atoms. The van der Waals surface area contributed by atoms with E-state index in [4.69, 9.17) is 4.74 Å². The first-order chi connectivity index (χ1) is 18.7. The van der Waals surface area contributed by atoms with Crippen LogP contribution in [0.4, 0.5) is 0 Å². The van der Waals surface area contributed by atoms with Crippen LogP contribution in [-0.2, 0) is 9.53 Å². The van der Waals surface area contributed by atoms with E-state index in [-0.39, 0.29) is 22.8 Å². The van der Waals surface area contributed by atoms with E-state index in [0.717, 1.165) is 18.2 Å². The lowest BCUT2D eigenvalue weighted by Gasteiger charge is -2.26. The van der Waals surface area contributed by atoms with E-state index in [1.54, 1.807) is 11.8 Å². The number of carboxylic acids is 1. The number of aromatic hydroxyl groups is 2. The number of esters is 1. The lowest BCUT2D eigenvalue weighted by Crippen LogP contribution is -2.46. The zero-order valence-corrected chi connectivity index (χ0v) is 21.5. The minimum atomic E-state index is -1.42. The average Bonchev–Trinajstić information content (AvgIpc) is 3.13. The Bertz CT molecular complexity index is 1340. The second-order valence-corrected chi connectivity index (χ2v) is 10.4. The normalized spacial score (nSPS) is 22.7. The van der Waals surface area contributed by atoms with Crippen molar-refractivity contribution in [3.63, 3.8) is 0 Å². The number of thioether (sulfide) groups is 1. The number of aliphatic hydroxyl groups excluding tert-OH is 1. The highest BCUT2D eigenvalue weighted by atomic mass is 32.2. The van der Waals surface area contributed by atoms with Gasteiger partial charge in [0, 0.05) is 11.3 Å². The summed E-state index contributed by atoms with van der Waals surface area (Å²) < 4.78 is 5.72. The van der Waals surface area contributed by atoms with Gasteiger partial charge in [0.2, 0.25) is 0 Å². The number of hydrogen-bond acceptors (Lipinski definition) is 9. The quantitative estimate of drug-likeness (QED) is 0.253. The third-order valence-corrected chi connectivity index (χ3v) is 7.73. The number of allylic oxidation sites excluding steroid dienone is 3. The summed E-state index contributed by atoms with van der Waals surface area (Å²) in [5.74, 6) is -5.62. The van der Waals surface area contributed by atoms with Crippen molar-refractivity contribution in [1.29, 1.82) is 0 Å². The fourth-order valence-electron chi connectivity index (χ4n) is 4.48. The van der Waals surface area contributed by atoms with Crippen LogP contribution < -0.4 is 5.32 Å². The smallest absolute Gasteiger partial charge is 0.338 e. The highest BCUT2D eigenvalue weighted by Gasteiger charge is 2.38. The van der Waals surface area contributed by atoms with E-state index >= 15 is 0 Å². The Morgan fingerprint density at radius 2 is 1.69 bits per heavy atom. The Morgan fingerprint density at radius 3 is 2.38 bits per heavy atom. The molecule has 2 aliphatic rings. The molecule has 204 valence electrons. The van der Waals surface area contributed by atoms with E-state index < -0.39 is 53.2 Å². The summed E-state index contributed by atoms with van der Waals surface area (Å²) in [4.78, 5) is 50.3. The minimum Gasteiger partial charge on any atom is -0.512 e. The number of ether oxygens (including phenoxy) is 1. The molecule has 10 nitrogen and oxygen atoms in total. The number of hydrogen-bond donors (Lipinski definition) is 5. The molecule has 4 atom stereocenters. The van der Waals surface area contributed by atoms with Gasteiger partial charge in [0.15, 0.2) is 5.78 Å². The maximum atomic E-state index is 13.0. The molecule has 39 heavy (non-hydrogen) atoms. The molecule has 1 amide bonds. The molecule has 1 heterocycles. The van der Waals surface area contributed by atoms with Crippen LogP contribution in [0.2, 0.25) is 0 Å². The molecule has 2 aromatic rings. The van der Waals surface area contributed by atoms with Gasteiger partial charge >= 0.3 is 11.9 Å². The number of amides is 1. The minimum absolute atomic E-state index is 0.0323. The van der Waals surface area contributed by atoms with Crippen molar-refractivity contribution >= 4 is 35.4 Å². The van der Waals surface area contributed by atoms with Crippen LogP contribution in [0, 0.1) is 11.8 Å². The molecule has 0 aromatic heterocycles. The number of rotatable bonds is 7. The number of ketones is 1. The molecule has 2 aromatic carbocycles. The molecule has 3 unspecified atom stereocenters. The second kappa shape index (κ2) is 12.1. The molecule has 0 saturated carbocycles. The zero-order chi connectivity index (χ0) is 28.1. The number of benzene rings is 2. The predicted molar refractivity (Wildman–Crippen MR) is 142 cm³/mol. The first kappa shape index (κ1) is 27.8. The number of aliphatic carboxylic acids is 1. The van der Waals surface area contributed by atoms with Gasteiger partial charge in [0.1, 0.15) is 23.4 Å². The topological polar surface area (TPSA) is 170 Å². The van der Waals surface area contributed by atoms with E-state index in [0.29, 0.717) is 17.7 Å². The van der Waals surface area contributed by atoms with E-state index in [2.05, 4.69) is 5.32 Å². The van der Waals surface area contributed by atoms with Crippen molar-refractivity contribution in [2.24, 2.45) is 11.8 Å². The molecule has 1 aliphatic heterocycles. The van der Waals surface area contributed by atoms with Crippen molar-refractivity contribution in [3.8, 4) is 11.5 Å². The molecule has 11 heteroatoms. The first-order valence-electron chi connectivity index (χ1n) is 12.2. The Morgan fingerprint density at radius 1 is 0.974 bits per heavy atom. The SMILES string of the molecule is O=C(N[C@@H]1CSCCCC1OC(=O)c1ccc(C(=O)C2C(O)=CC=CC2C(=O)O)c(O)c1)c1ccc(O)cc1. The van der Waals surface area contributed by atoms with Gasteiger partial charge in [-0.25, -0.2) is 4.79 Å². The molecule has 4 rings (SSSR count). The third-order valence-electron chi connectivity index (χ3n) is 6.56. The fraction of sp³-hybridized carbons (Fsp3) is 0.286. The van der Waals surface area contributed by atoms with Crippen LogP contribution >= 0.6 is 11.8 Å². The summed E-state index contributed by atoms with van der Waals surface area (Å²) in [6, 6.07) is 8.81. The lowest BCUT2D eigenvalue weighted by atomic mass is 9.81. The van der Waals surface area contributed by atoms with Gasteiger partial charge < -0.3 is 30.5 Å². The second-order valence-electron chi connectivity index (χ2n) is 9.20. The number of Topliss-reactive ketones (excluding diaryl/α,β-unsaturated/α-hetero) is 1. The summed E-state index contributed by atoms with van der Waals surface area (Å²) >= 11 is 1.62. The molecule has 1 fully saturated rings. The highest BCUT2D eigenvalue weighted by Crippen LogP contribution is 2.32. The van der Waals surface area contributed by atoms with E-state index in [1.807, 2.05) is 0 Å². The van der Waals surface area contributed by atoms with Gasteiger partial charge in [0.25, 0.3) is 5.91 Å². The maximum absolute atomic E-state index is 13.0. The Hall–Kier alpha value is -4.25. The maximum Gasteiger partial charge on any atom is 0.338 e. The largest absolute Gasteiger partial charge is 0.512 e. The van der Waals surface area contributed by atoms with Crippen molar-refractivity contribution in [3.05, 3.63) is 83.1 Å². The van der Waals surface area contributed by atoms with Gasteiger partial charge in [-0.3, -0.25) is 14.4 Å². The fourth-order valence-corrected chi connectivity index (χ4v) is 5.57. The van der Waals surface area contributed by atoms with Gasteiger partial charge in [0.05, 0.1) is 29.0 Å². The number of phenols is 2. The highest BCUT2D eigenvalue weighted by molar-refractivity contribution is 7.99.